The normalized spacial score (nSPS) is 19.8. The number of fused-ring (bicyclic) bond motifs is 2. The Balaban J connectivity index is 1.12. The molecule has 4 nitrogen and oxygen atoms in total. The predicted molar refractivity (Wildman–Crippen MR) is 142 cm³/mol. The van der Waals surface area contributed by atoms with Crippen molar-refractivity contribution in [3.63, 3.8) is 0 Å². The summed E-state index contributed by atoms with van der Waals surface area (Å²) in [4.78, 5) is 17.8. The number of carbonyl (C=O) groups excluding carboxylic acids is 1. The maximum atomic E-state index is 13.0. The van der Waals surface area contributed by atoms with Gasteiger partial charge < -0.3 is 15.1 Å². The minimum Gasteiger partial charge on any atom is -0.339 e. The molecular formula is C31H35N3O. The van der Waals surface area contributed by atoms with Crippen LogP contribution in [0.2, 0.25) is 0 Å². The fourth-order valence-electron chi connectivity index (χ4n) is 6.65. The van der Waals surface area contributed by atoms with E-state index in [1.807, 2.05) is 6.07 Å². The van der Waals surface area contributed by atoms with Gasteiger partial charge in [-0.3, -0.25) is 4.79 Å². The number of nitrogens with one attached hydrogen (secondary N) is 1. The highest BCUT2D eigenvalue weighted by atomic mass is 16.2. The maximum absolute atomic E-state index is 13.0. The molecule has 3 aromatic carbocycles. The Morgan fingerprint density at radius 2 is 1.40 bits per heavy atom. The summed E-state index contributed by atoms with van der Waals surface area (Å²) in [6, 6.07) is 28.5. The number of hydrogen-bond donors (Lipinski definition) is 1. The number of nitrogens with zero attached hydrogens (tertiary/aromatic N) is 2. The Labute approximate surface area is 209 Å². The summed E-state index contributed by atoms with van der Waals surface area (Å²) in [5.41, 5.74) is 6.83. The molecule has 2 saturated heterocycles. The lowest BCUT2D eigenvalue weighted by Crippen LogP contribution is -2.56. The monoisotopic (exact) mass is 465 g/mol. The fourth-order valence-corrected chi connectivity index (χ4v) is 6.65. The van der Waals surface area contributed by atoms with E-state index in [-0.39, 0.29) is 5.91 Å². The van der Waals surface area contributed by atoms with E-state index in [1.165, 1.54) is 35.1 Å². The average Bonchev–Trinajstić information content (AvgIpc) is 3.13. The molecule has 0 unspecified atom stereocenters. The molecule has 0 radical (unpaired) electrons. The largest absolute Gasteiger partial charge is 0.339 e. The molecule has 4 heteroatoms. The molecule has 1 aliphatic carbocycles. The van der Waals surface area contributed by atoms with Gasteiger partial charge in [0.05, 0.1) is 6.67 Å². The van der Waals surface area contributed by atoms with Crippen molar-refractivity contribution in [1.29, 1.82) is 0 Å². The molecule has 1 spiro atoms. The van der Waals surface area contributed by atoms with Gasteiger partial charge in [-0.15, -0.1) is 0 Å². The van der Waals surface area contributed by atoms with E-state index >= 15 is 0 Å². The number of para-hydroxylation sites is 1. The summed E-state index contributed by atoms with van der Waals surface area (Å²) in [6.07, 6.45) is 6.41. The zero-order valence-electron chi connectivity index (χ0n) is 20.5. The predicted octanol–water partition coefficient (Wildman–Crippen LogP) is 5.13. The molecular weight excluding hydrogens is 430 g/mol. The second kappa shape index (κ2) is 9.50. The van der Waals surface area contributed by atoms with Crippen molar-refractivity contribution in [1.82, 2.24) is 10.2 Å². The number of hydrogen-bond acceptors (Lipinski definition) is 3. The first kappa shape index (κ1) is 22.4. The Hall–Kier alpha value is -3.11. The molecule has 0 atom stereocenters. The quantitative estimate of drug-likeness (QED) is 0.568. The van der Waals surface area contributed by atoms with Crippen LogP contribution in [0.1, 0.15) is 53.9 Å². The van der Waals surface area contributed by atoms with Crippen molar-refractivity contribution in [3.8, 4) is 0 Å². The van der Waals surface area contributed by atoms with Crippen LogP contribution in [0.4, 0.5) is 5.69 Å². The highest BCUT2D eigenvalue weighted by Gasteiger charge is 2.50. The van der Waals surface area contributed by atoms with Crippen LogP contribution in [0.5, 0.6) is 0 Å². The van der Waals surface area contributed by atoms with Crippen LogP contribution in [-0.2, 0) is 17.6 Å². The summed E-state index contributed by atoms with van der Waals surface area (Å²) in [5, 5.41) is 3.12. The third-order valence-electron chi connectivity index (χ3n) is 8.58. The van der Waals surface area contributed by atoms with Crippen molar-refractivity contribution in [3.05, 3.63) is 101 Å². The molecule has 180 valence electrons. The van der Waals surface area contributed by atoms with Gasteiger partial charge in [0.2, 0.25) is 5.91 Å². The smallest absolute Gasteiger partial charge is 0.247 e. The Morgan fingerprint density at radius 1 is 0.800 bits per heavy atom. The Kier molecular flexibility index (Phi) is 6.07. The van der Waals surface area contributed by atoms with Crippen molar-refractivity contribution in [2.75, 3.05) is 31.2 Å². The molecule has 1 N–H and O–H groups in total. The van der Waals surface area contributed by atoms with E-state index in [0.717, 1.165) is 51.0 Å². The van der Waals surface area contributed by atoms with E-state index < -0.39 is 5.54 Å². The summed E-state index contributed by atoms with van der Waals surface area (Å²) >= 11 is 0. The topological polar surface area (TPSA) is 35.6 Å². The van der Waals surface area contributed by atoms with Crippen LogP contribution in [0.25, 0.3) is 0 Å². The number of aryl methyl sites for hydroxylation is 2. The lowest BCUT2D eigenvalue weighted by atomic mass is 9.84. The van der Waals surface area contributed by atoms with Crippen LogP contribution in [0, 0.1) is 0 Å². The zero-order chi connectivity index (χ0) is 23.7. The van der Waals surface area contributed by atoms with Gasteiger partial charge in [-0.1, -0.05) is 66.7 Å². The Morgan fingerprint density at radius 3 is 2.06 bits per heavy atom. The standard InChI is InChI=1S/C31H35N3O/c35-30-31(34(23-32-30)26-11-2-1-3-12-26)18-21-33(22-19-31)20-8-15-29-27-13-6-4-9-24(27)16-17-25-10-5-7-14-28(25)29/h1-7,9-14,29H,8,15-23H2,(H,32,35). The molecule has 1 amide bonds. The molecule has 0 aromatic heterocycles. The average molecular weight is 466 g/mol. The zero-order valence-corrected chi connectivity index (χ0v) is 20.5. The van der Waals surface area contributed by atoms with E-state index in [4.69, 9.17) is 0 Å². The number of rotatable bonds is 5. The number of carbonyl (C=O) groups is 1. The van der Waals surface area contributed by atoms with E-state index in [0.29, 0.717) is 12.6 Å². The third kappa shape index (κ3) is 4.14. The highest BCUT2D eigenvalue weighted by Crippen LogP contribution is 2.38. The van der Waals surface area contributed by atoms with E-state index in [9.17, 15) is 4.79 Å². The number of benzene rings is 3. The molecule has 3 aliphatic rings. The van der Waals surface area contributed by atoms with Gasteiger partial charge in [-0.25, -0.2) is 0 Å². The van der Waals surface area contributed by atoms with Crippen molar-refractivity contribution in [2.24, 2.45) is 0 Å². The van der Waals surface area contributed by atoms with Gasteiger partial charge in [0.25, 0.3) is 0 Å². The first-order chi connectivity index (χ1) is 17.2. The Bertz CT molecular complexity index is 1140. The lowest BCUT2D eigenvalue weighted by molar-refractivity contribution is -0.125. The molecule has 2 aliphatic heterocycles. The number of likely N-dealkylation sites (tertiary alicyclic amines) is 1. The molecule has 2 fully saturated rings. The molecule has 0 saturated carbocycles. The van der Waals surface area contributed by atoms with Crippen molar-refractivity contribution in [2.45, 2.75) is 50.0 Å². The summed E-state index contributed by atoms with van der Waals surface area (Å²) < 4.78 is 0. The highest BCUT2D eigenvalue weighted by molar-refractivity contribution is 5.93. The summed E-state index contributed by atoms with van der Waals surface area (Å²) in [7, 11) is 0. The SMILES string of the molecule is O=C1NCN(c2ccccc2)C12CCN(CCCC1c3ccccc3CCc3ccccc31)CC2. The first-order valence-corrected chi connectivity index (χ1v) is 13.2. The van der Waals surface area contributed by atoms with Crippen molar-refractivity contribution < 1.29 is 4.79 Å². The molecule has 35 heavy (non-hydrogen) atoms. The maximum Gasteiger partial charge on any atom is 0.247 e. The molecule has 2 heterocycles. The van der Waals surface area contributed by atoms with Gasteiger partial charge in [0, 0.05) is 24.7 Å². The van der Waals surface area contributed by atoms with Crippen molar-refractivity contribution >= 4 is 11.6 Å². The van der Waals surface area contributed by atoms with Gasteiger partial charge in [0.1, 0.15) is 5.54 Å². The molecule has 3 aromatic rings. The van der Waals surface area contributed by atoms with Crippen LogP contribution in [0.15, 0.2) is 78.9 Å². The second-order valence-corrected chi connectivity index (χ2v) is 10.4. The van der Waals surface area contributed by atoms with Crippen LogP contribution in [0.3, 0.4) is 0 Å². The van der Waals surface area contributed by atoms with Gasteiger partial charge in [0.15, 0.2) is 0 Å². The minimum atomic E-state index is -0.392. The second-order valence-electron chi connectivity index (χ2n) is 10.4. The van der Waals surface area contributed by atoms with Crippen LogP contribution < -0.4 is 10.2 Å². The lowest BCUT2D eigenvalue weighted by Gasteiger charge is -2.43. The van der Waals surface area contributed by atoms with Gasteiger partial charge in [-0.05, 0) is 79.5 Å². The summed E-state index contributed by atoms with van der Waals surface area (Å²) in [5.74, 6) is 0.683. The molecule has 0 bridgehead atoms. The molecule has 6 rings (SSSR count). The van der Waals surface area contributed by atoms with Crippen LogP contribution >= 0.6 is 0 Å². The minimum absolute atomic E-state index is 0.202. The summed E-state index contributed by atoms with van der Waals surface area (Å²) in [6.45, 7) is 3.68. The first-order valence-electron chi connectivity index (χ1n) is 13.2. The third-order valence-corrected chi connectivity index (χ3v) is 8.58. The number of amides is 1. The van der Waals surface area contributed by atoms with E-state index in [1.54, 1.807) is 0 Å². The van der Waals surface area contributed by atoms with Gasteiger partial charge >= 0.3 is 0 Å². The van der Waals surface area contributed by atoms with Crippen LogP contribution in [-0.4, -0.2) is 42.6 Å². The number of anilines is 1. The van der Waals surface area contributed by atoms with Gasteiger partial charge in [-0.2, -0.15) is 0 Å². The fraction of sp³-hybridized carbons (Fsp3) is 0.387. The number of piperidine rings is 1. The van der Waals surface area contributed by atoms with E-state index in [2.05, 4.69) is 87.9 Å².